The van der Waals surface area contributed by atoms with Crippen molar-refractivity contribution < 1.29 is 18.7 Å². The molecule has 0 spiro atoms. The summed E-state index contributed by atoms with van der Waals surface area (Å²) in [6.07, 6.45) is 6.81. The molecule has 0 unspecified atom stereocenters. The number of nitrogens with zero attached hydrogens (tertiary/aromatic N) is 1. The first-order valence-electron chi connectivity index (χ1n) is 10.6. The average molecular weight is 403 g/mol. The first-order chi connectivity index (χ1) is 14.0. The van der Waals surface area contributed by atoms with Crippen LogP contribution in [-0.4, -0.2) is 50.3 Å². The predicted molar refractivity (Wildman–Crippen MR) is 109 cm³/mol. The van der Waals surface area contributed by atoms with Gasteiger partial charge in [0, 0.05) is 37.7 Å². The van der Waals surface area contributed by atoms with Crippen LogP contribution in [-0.2, 0) is 14.9 Å². The molecule has 4 aliphatic rings. The van der Waals surface area contributed by atoms with Crippen molar-refractivity contribution in [3.05, 3.63) is 41.7 Å². The average Bonchev–Trinajstić information content (AvgIpc) is 2.75. The maximum absolute atomic E-state index is 13.1. The third kappa shape index (κ3) is 3.68. The zero-order chi connectivity index (χ0) is 20.5. The molecule has 5 rings (SSSR count). The summed E-state index contributed by atoms with van der Waals surface area (Å²) in [6.45, 7) is 1.81. The second-order valence-corrected chi connectivity index (χ2v) is 8.91. The molecule has 0 radical (unpaired) electrons. The van der Waals surface area contributed by atoms with Crippen LogP contribution in [0.2, 0.25) is 0 Å². The van der Waals surface area contributed by atoms with Crippen LogP contribution >= 0.6 is 0 Å². The smallest absolute Gasteiger partial charge is 0.228 e. The van der Waals surface area contributed by atoms with E-state index in [0.717, 1.165) is 57.4 Å². The molecule has 1 saturated heterocycles. The lowest BCUT2D eigenvalue weighted by Crippen LogP contribution is -2.61. The fourth-order valence-corrected chi connectivity index (χ4v) is 5.24. The van der Waals surface area contributed by atoms with Crippen molar-refractivity contribution in [2.45, 2.75) is 50.0 Å². The quantitative estimate of drug-likeness (QED) is 0.760. The Hall–Kier alpha value is -1.92. The molecule has 2 N–H and O–H groups in total. The van der Waals surface area contributed by atoms with E-state index in [1.807, 2.05) is 17.0 Å². The number of halogens is 1. The number of hydrogen-bond acceptors (Lipinski definition) is 4. The fourth-order valence-electron chi connectivity index (χ4n) is 5.24. The highest BCUT2D eigenvalue weighted by Gasteiger charge is 2.54. The van der Waals surface area contributed by atoms with E-state index in [2.05, 4.69) is 12.1 Å². The Morgan fingerprint density at radius 2 is 1.79 bits per heavy atom. The number of benzene rings is 1. The minimum absolute atomic E-state index is 0.152. The lowest BCUT2D eigenvalue weighted by Gasteiger charge is -2.55. The molecule has 2 bridgehead atoms. The Morgan fingerprint density at radius 1 is 1.17 bits per heavy atom. The first kappa shape index (κ1) is 20.4. The van der Waals surface area contributed by atoms with E-state index < -0.39 is 0 Å². The van der Waals surface area contributed by atoms with Gasteiger partial charge in [0.15, 0.2) is 0 Å². The second kappa shape index (κ2) is 8.07. The summed E-state index contributed by atoms with van der Waals surface area (Å²) < 4.78 is 23.6. The SMILES string of the molecule is COC1CN(C(=O)C23CCC(c4ccc(OC/C(=C/F)CN)cc4)(CC2)CC3)C1. The monoisotopic (exact) mass is 402 g/mol. The van der Waals surface area contributed by atoms with Gasteiger partial charge in [0.05, 0.1) is 12.4 Å². The molecule has 4 fully saturated rings. The van der Waals surface area contributed by atoms with Gasteiger partial charge in [0.2, 0.25) is 5.91 Å². The van der Waals surface area contributed by atoms with Crippen LogP contribution in [0.25, 0.3) is 0 Å². The minimum atomic E-state index is -0.152. The Kier molecular flexibility index (Phi) is 5.67. The zero-order valence-corrected chi connectivity index (χ0v) is 17.2. The molecule has 5 nitrogen and oxygen atoms in total. The van der Waals surface area contributed by atoms with Crippen molar-refractivity contribution >= 4 is 5.91 Å². The predicted octanol–water partition coefficient (Wildman–Crippen LogP) is 3.33. The summed E-state index contributed by atoms with van der Waals surface area (Å²) in [5, 5.41) is 0. The number of methoxy groups -OCH3 is 1. The van der Waals surface area contributed by atoms with Gasteiger partial charge in [-0.2, -0.15) is 0 Å². The van der Waals surface area contributed by atoms with Crippen LogP contribution in [0.3, 0.4) is 0 Å². The second-order valence-electron chi connectivity index (χ2n) is 8.91. The maximum atomic E-state index is 13.1. The van der Waals surface area contributed by atoms with E-state index in [1.165, 1.54) is 5.56 Å². The molecular formula is C23H31FN2O3. The summed E-state index contributed by atoms with van der Waals surface area (Å²) in [5.41, 5.74) is 7.25. The molecule has 3 saturated carbocycles. The number of ether oxygens (including phenoxy) is 2. The number of fused-ring (bicyclic) bond motifs is 3. The molecule has 158 valence electrons. The molecule has 1 heterocycles. The topological polar surface area (TPSA) is 64.8 Å². The van der Waals surface area contributed by atoms with E-state index in [0.29, 0.717) is 17.8 Å². The highest BCUT2D eigenvalue weighted by Crippen LogP contribution is 2.58. The number of rotatable bonds is 7. The Balaban J connectivity index is 1.37. The van der Waals surface area contributed by atoms with Crippen LogP contribution in [0.5, 0.6) is 5.75 Å². The third-order valence-electron chi connectivity index (χ3n) is 7.48. The molecule has 1 aliphatic heterocycles. The summed E-state index contributed by atoms with van der Waals surface area (Å²) in [6, 6.07) is 8.19. The van der Waals surface area contributed by atoms with E-state index in [-0.39, 0.29) is 30.1 Å². The van der Waals surface area contributed by atoms with Crippen molar-refractivity contribution in [2.24, 2.45) is 11.1 Å². The molecule has 0 aromatic heterocycles. The van der Waals surface area contributed by atoms with Crippen LogP contribution in [0.4, 0.5) is 4.39 Å². The summed E-state index contributed by atoms with van der Waals surface area (Å²) in [7, 11) is 1.71. The molecule has 1 aromatic carbocycles. The van der Waals surface area contributed by atoms with Gasteiger partial charge < -0.3 is 20.1 Å². The first-order valence-corrected chi connectivity index (χ1v) is 10.6. The fraction of sp³-hybridized carbons (Fsp3) is 0.609. The van der Waals surface area contributed by atoms with Gasteiger partial charge in [-0.3, -0.25) is 4.79 Å². The van der Waals surface area contributed by atoms with E-state index in [9.17, 15) is 9.18 Å². The number of carbonyl (C=O) groups excluding carboxylic acids is 1. The lowest BCUT2D eigenvalue weighted by atomic mass is 9.51. The number of amides is 1. The van der Waals surface area contributed by atoms with Gasteiger partial charge in [-0.25, -0.2) is 4.39 Å². The highest BCUT2D eigenvalue weighted by molar-refractivity contribution is 5.84. The minimum Gasteiger partial charge on any atom is -0.489 e. The lowest BCUT2D eigenvalue weighted by molar-refractivity contribution is -0.161. The summed E-state index contributed by atoms with van der Waals surface area (Å²) >= 11 is 0. The molecule has 0 atom stereocenters. The normalized spacial score (nSPS) is 29.6. The molecule has 29 heavy (non-hydrogen) atoms. The van der Waals surface area contributed by atoms with Crippen molar-refractivity contribution in [3.8, 4) is 5.75 Å². The largest absolute Gasteiger partial charge is 0.489 e. The zero-order valence-electron chi connectivity index (χ0n) is 17.2. The van der Waals surface area contributed by atoms with Crippen LogP contribution in [0.15, 0.2) is 36.2 Å². The maximum Gasteiger partial charge on any atom is 0.228 e. The molecule has 6 heteroatoms. The molecule has 1 aromatic rings. The van der Waals surface area contributed by atoms with E-state index in [4.69, 9.17) is 15.2 Å². The highest BCUT2D eigenvalue weighted by atomic mass is 19.1. The Morgan fingerprint density at radius 3 is 2.31 bits per heavy atom. The number of carbonyl (C=O) groups is 1. The van der Waals surface area contributed by atoms with E-state index in [1.54, 1.807) is 7.11 Å². The van der Waals surface area contributed by atoms with Crippen molar-refractivity contribution in [1.82, 2.24) is 4.90 Å². The number of hydrogen-bond donors (Lipinski definition) is 1. The number of likely N-dealkylation sites (tertiary alicyclic amines) is 1. The van der Waals surface area contributed by atoms with Crippen LogP contribution in [0.1, 0.15) is 44.1 Å². The van der Waals surface area contributed by atoms with E-state index >= 15 is 0 Å². The van der Waals surface area contributed by atoms with Crippen molar-refractivity contribution in [2.75, 3.05) is 33.4 Å². The van der Waals surface area contributed by atoms with Gasteiger partial charge in [0.1, 0.15) is 12.4 Å². The van der Waals surface area contributed by atoms with Crippen molar-refractivity contribution in [1.29, 1.82) is 0 Å². The van der Waals surface area contributed by atoms with Gasteiger partial charge in [0.25, 0.3) is 0 Å². The van der Waals surface area contributed by atoms with Gasteiger partial charge in [-0.15, -0.1) is 0 Å². The van der Waals surface area contributed by atoms with Crippen LogP contribution in [0, 0.1) is 5.41 Å². The van der Waals surface area contributed by atoms with Gasteiger partial charge in [-0.1, -0.05) is 12.1 Å². The third-order valence-corrected chi connectivity index (χ3v) is 7.48. The molecule has 3 aliphatic carbocycles. The number of nitrogens with two attached hydrogens (primary N) is 1. The van der Waals surface area contributed by atoms with Gasteiger partial charge >= 0.3 is 0 Å². The standard InChI is InChI=1S/C23H31FN2O3/c1-28-20-14-26(15-20)21(27)23-9-6-22(7-10-23,8-11-23)18-2-4-19(5-3-18)29-16-17(12-24)13-25/h2-5,12,20H,6-11,13-16,25H2,1H3/b17-12+. The summed E-state index contributed by atoms with van der Waals surface area (Å²) in [5.74, 6) is 1.07. The van der Waals surface area contributed by atoms with Gasteiger partial charge in [-0.05, 0) is 61.6 Å². The Bertz CT molecular complexity index is 746. The Labute approximate surface area is 172 Å². The molecular weight excluding hydrogens is 371 g/mol. The van der Waals surface area contributed by atoms with Crippen molar-refractivity contribution in [3.63, 3.8) is 0 Å². The molecule has 1 amide bonds. The summed E-state index contributed by atoms with van der Waals surface area (Å²) in [4.78, 5) is 15.1. The van der Waals surface area contributed by atoms with Crippen LogP contribution < -0.4 is 10.5 Å².